The number of fused-ring (bicyclic) bond motifs is 7. The van der Waals surface area contributed by atoms with Crippen LogP contribution in [0, 0.1) is 23.1 Å². The van der Waals surface area contributed by atoms with E-state index in [-0.39, 0.29) is 52.8 Å². The SMILES string of the molecule is C=C1CCN2CC(OC)CC12COc1nc2c3c(nc(-c4cccc5ccc(F)c(C#C[Si](C(C)C)(C(C)C)C(C)C)c45)c(F)c3n1)OC(C)C1C3CCC(CN21)N3C(=O)O. The van der Waals surface area contributed by atoms with E-state index in [1.165, 1.54) is 6.07 Å². The van der Waals surface area contributed by atoms with Crippen LogP contribution in [0.15, 0.2) is 42.5 Å². The third-order valence-corrected chi connectivity index (χ3v) is 21.2. The fraction of sp³-hybridized carbons (Fsp3) is 0.532. The zero-order valence-electron chi connectivity index (χ0n) is 36.4. The number of hydrogen-bond acceptors (Lipinski definition) is 9. The molecule has 4 fully saturated rings. The van der Waals surface area contributed by atoms with Crippen LogP contribution in [0.5, 0.6) is 11.9 Å². The number of anilines is 1. The number of rotatable bonds is 8. The second-order valence-corrected chi connectivity index (χ2v) is 24.3. The molecule has 0 aliphatic carbocycles. The molecule has 0 radical (unpaired) electrons. The van der Waals surface area contributed by atoms with Crippen LogP contribution in [0.3, 0.4) is 0 Å². The number of benzene rings is 2. The molecule has 14 heteroatoms. The normalized spacial score (nSPS) is 25.9. The lowest BCUT2D eigenvalue weighted by molar-refractivity contribution is 0.0706. The van der Waals surface area contributed by atoms with E-state index < -0.39 is 49.5 Å². The van der Waals surface area contributed by atoms with Gasteiger partial charge in [0.15, 0.2) is 5.82 Å². The minimum absolute atomic E-state index is 0.0110. The molecule has 6 atom stereocenters. The van der Waals surface area contributed by atoms with Crippen molar-refractivity contribution < 1.29 is 32.9 Å². The lowest BCUT2D eigenvalue weighted by Crippen LogP contribution is -2.64. The average Bonchev–Trinajstić information content (AvgIpc) is 3.83. The number of amides is 1. The smallest absolute Gasteiger partial charge is 0.407 e. The fourth-order valence-corrected chi connectivity index (χ4v) is 17.2. The van der Waals surface area contributed by atoms with E-state index in [0.29, 0.717) is 64.6 Å². The minimum Gasteiger partial charge on any atom is -0.472 e. The van der Waals surface area contributed by atoms with Crippen molar-refractivity contribution in [2.45, 2.75) is 127 Å². The molecule has 4 aromatic rings. The Labute approximate surface area is 357 Å². The standard InChI is InChI=1S/C47H56F2N6O5Si/c1-25(2)61(26(3)4,27(5)6)20-18-33-35(48)15-13-30-11-10-12-34(37(30)33)40-39(49)41-38-43(52-45(51-41)59-24-47-21-32(58-9)23-53(47)19-17-28(47)7)54-22-31-14-16-36(55(31)46(56)57)42(54)29(8)60-44(38)50-40/h10-13,15,25-27,29,31-32,36,42H,7,14,16-17,19,21-24H2,1-6,8-9H3,(H,56,57). The maximum Gasteiger partial charge on any atom is 0.407 e. The molecule has 0 spiro atoms. The van der Waals surface area contributed by atoms with Gasteiger partial charge >= 0.3 is 12.1 Å². The van der Waals surface area contributed by atoms with E-state index in [4.69, 9.17) is 29.2 Å². The quantitative estimate of drug-likeness (QED) is 0.105. The molecule has 322 valence electrons. The Morgan fingerprint density at radius 1 is 1.05 bits per heavy atom. The topological polar surface area (TPSA) is 113 Å². The predicted octanol–water partition coefficient (Wildman–Crippen LogP) is 8.97. The van der Waals surface area contributed by atoms with E-state index in [2.05, 4.69) is 69.4 Å². The summed E-state index contributed by atoms with van der Waals surface area (Å²) in [6.07, 6.45) is 1.31. The summed E-state index contributed by atoms with van der Waals surface area (Å²) in [5.74, 6) is 2.63. The minimum atomic E-state index is -2.30. The van der Waals surface area contributed by atoms with Crippen LogP contribution in [0.2, 0.25) is 16.6 Å². The molecule has 61 heavy (non-hydrogen) atoms. The van der Waals surface area contributed by atoms with Crippen molar-refractivity contribution in [3.05, 3.63) is 59.7 Å². The Morgan fingerprint density at radius 2 is 1.80 bits per heavy atom. The average molecular weight is 851 g/mol. The van der Waals surface area contributed by atoms with E-state index in [1.54, 1.807) is 30.2 Å². The summed E-state index contributed by atoms with van der Waals surface area (Å²) in [7, 11) is -0.583. The number of carbonyl (C=O) groups is 1. The Bertz CT molecular complexity index is 2500. The molecule has 0 saturated carbocycles. The molecule has 5 aliphatic rings. The summed E-state index contributed by atoms with van der Waals surface area (Å²) >= 11 is 0. The number of methoxy groups -OCH3 is 1. The maximum absolute atomic E-state index is 17.9. The van der Waals surface area contributed by atoms with E-state index in [0.717, 1.165) is 25.1 Å². The van der Waals surface area contributed by atoms with Gasteiger partial charge in [-0.25, -0.2) is 18.6 Å². The van der Waals surface area contributed by atoms with Crippen LogP contribution in [0.4, 0.5) is 19.4 Å². The largest absolute Gasteiger partial charge is 0.472 e. The van der Waals surface area contributed by atoms with Gasteiger partial charge < -0.3 is 24.2 Å². The van der Waals surface area contributed by atoms with Crippen LogP contribution in [0.25, 0.3) is 32.9 Å². The predicted molar refractivity (Wildman–Crippen MR) is 235 cm³/mol. The van der Waals surface area contributed by atoms with Gasteiger partial charge in [-0.3, -0.25) is 9.80 Å². The van der Waals surface area contributed by atoms with Crippen molar-refractivity contribution in [3.8, 4) is 34.6 Å². The van der Waals surface area contributed by atoms with Crippen LogP contribution >= 0.6 is 0 Å². The summed E-state index contributed by atoms with van der Waals surface area (Å²) in [6, 6.07) is 7.39. The van der Waals surface area contributed by atoms with Crippen LogP contribution in [0.1, 0.15) is 79.7 Å². The number of hydrogen-bond donors (Lipinski definition) is 1. The van der Waals surface area contributed by atoms with Crippen molar-refractivity contribution >= 4 is 41.7 Å². The van der Waals surface area contributed by atoms with Gasteiger partial charge in [0.25, 0.3) is 0 Å². The molecule has 7 heterocycles. The summed E-state index contributed by atoms with van der Waals surface area (Å²) in [5, 5.41) is 11.8. The molecular weight excluding hydrogens is 795 g/mol. The van der Waals surface area contributed by atoms with Crippen molar-refractivity contribution in [1.82, 2.24) is 24.8 Å². The van der Waals surface area contributed by atoms with Gasteiger partial charge in [0.05, 0.1) is 35.3 Å². The molecule has 9 rings (SSSR count). The first-order valence-electron chi connectivity index (χ1n) is 21.8. The third kappa shape index (κ3) is 6.31. The van der Waals surface area contributed by atoms with Crippen molar-refractivity contribution in [2.75, 3.05) is 38.3 Å². The number of pyridine rings is 1. The number of nitrogens with zero attached hydrogens (tertiary/aromatic N) is 6. The monoisotopic (exact) mass is 850 g/mol. The maximum atomic E-state index is 17.9. The Kier molecular flexibility index (Phi) is 10.3. The number of aromatic nitrogens is 3. The third-order valence-electron chi connectivity index (χ3n) is 14.9. The van der Waals surface area contributed by atoms with Gasteiger partial charge in [-0.2, -0.15) is 9.97 Å². The van der Waals surface area contributed by atoms with Crippen molar-refractivity contribution in [3.63, 3.8) is 0 Å². The van der Waals surface area contributed by atoms with Gasteiger partial charge in [0, 0.05) is 44.1 Å². The lowest BCUT2D eigenvalue weighted by Gasteiger charge is -2.47. The molecule has 11 nitrogen and oxygen atoms in total. The lowest BCUT2D eigenvalue weighted by atomic mass is 9.90. The second-order valence-electron chi connectivity index (χ2n) is 18.7. The summed E-state index contributed by atoms with van der Waals surface area (Å²) in [6.45, 7) is 21.7. The highest BCUT2D eigenvalue weighted by atomic mass is 28.3. The molecule has 2 aromatic carbocycles. The van der Waals surface area contributed by atoms with E-state index in [1.807, 2.05) is 13.0 Å². The first-order valence-corrected chi connectivity index (χ1v) is 24.0. The van der Waals surface area contributed by atoms with Gasteiger partial charge in [-0.05, 0) is 54.3 Å². The number of halogens is 2. The first kappa shape index (κ1) is 41.5. The van der Waals surface area contributed by atoms with Crippen molar-refractivity contribution in [2.24, 2.45) is 0 Å². The van der Waals surface area contributed by atoms with Gasteiger partial charge in [-0.1, -0.05) is 83.9 Å². The van der Waals surface area contributed by atoms with E-state index in [9.17, 15) is 9.90 Å². The number of piperazine rings is 1. The molecule has 6 unspecified atom stereocenters. The molecule has 4 saturated heterocycles. The Hall–Kier alpha value is -4.84. The number of ether oxygens (including phenoxy) is 3. The highest BCUT2D eigenvalue weighted by Crippen LogP contribution is 2.48. The van der Waals surface area contributed by atoms with Crippen LogP contribution in [-0.4, -0.2) is 113 Å². The Morgan fingerprint density at radius 3 is 2.51 bits per heavy atom. The molecule has 1 amide bonds. The zero-order chi connectivity index (χ0) is 43.3. The first-order chi connectivity index (χ1) is 29.1. The number of carboxylic acid groups (broad SMARTS) is 1. The summed E-state index contributed by atoms with van der Waals surface area (Å²) in [4.78, 5) is 33.3. The molecular formula is C47H56F2N6O5Si. The second kappa shape index (κ2) is 15.2. The van der Waals surface area contributed by atoms with Crippen LogP contribution < -0.4 is 14.4 Å². The van der Waals surface area contributed by atoms with E-state index >= 15 is 8.78 Å². The highest BCUT2D eigenvalue weighted by molar-refractivity contribution is 6.90. The summed E-state index contributed by atoms with van der Waals surface area (Å²) < 4.78 is 53.2. The fourth-order valence-electron chi connectivity index (χ4n) is 12.0. The van der Waals surface area contributed by atoms with Gasteiger partial charge in [0.1, 0.15) is 49.0 Å². The zero-order valence-corrected chi connectivity index (χ0v) is 37.4. The van der Waals surface area contributed by atoms with Gasteiger partial charge in [-0.15, -0.1) is 5.54 Å². The van der Waals surface area contributed by atoms with Gasteiger partial charge in [0.2, 0.25) is 5.88 Å². The highest BCUT2D eigenvalue weighted by Gasteiger charge is 2.54. The van der Waals surface area contributed by atoms with Crippen molar-refractivity contribution in [1.29, 1.82) is 0 Å². The molecule has 2 bridgehead atoms. The molecule has 2 aromatic heterocycles. The molecule has 1 N–H and O–H groups in total. The summed E-state index contributed by atoms with van der Waals surface area (Å²) in [5.41, 5.74) is 5.65. The Balaban J connectivity index is 1.25. The molecule has 5 aliphatic heterocycles. The van der Waals surface area contributed by atoms with Crippen LogP contribution in [-0.2, 0) is 4.74 Å².